The number of nitrogens with zero attached hydrogens (tertiary/aromatic N) is 1. The Morgan fingerprint density at radius 1 is 1.04 bits per heavy atom. The van der Waals surface area contributed by atoms with Crippen molar-refractivity contribution >= 4 is 17.5 Å². The SMILES string of the molecule is CCN(C(=O)CNC(=O)COc1ccc(C)cc1)c1cccc(C)c1. The van der Waals surface area contributed by atoms with E-state index in [1.54, 1.807) is 4.90 Å². The maximum absolute atomic E-state index is 12.4. The maximum Gasteiger partial charge on any atom is 0.258 e. The molecular formula is C20H24N2O3. The van der Waals surface area contributed by atoms with Crippen LogP contribution in [0.5, 0.6) is 5.75 Å². The Labute approximate surface area is 148 Å². The molecule has 5 nitrogen and oxygen atoms in total. The number of nitrogens with one attached hydrogen (secondary N) is 1. The highest BCUT2D eigenvalue weighted by molar-refractivity contribution is 5.96. The molecule has 0 aliphatic heterocycles. The molecule has 0 saturated carbocycles. The number of hydrogen-bond acceptors (Lipinski definition) is 3. The first-order valence-electron chi connectivity index (χ1n) is 8.32. The van der Waals surface area contributed by atoms with Crippen LogP contribution in [0.3, 0.4) is 0 Å². The number of aryl methyl sites for hydroxylation is 2. The number of rotatable bonds is 7. The normalized spacial score (nSPS) is 10.2. The van der Waals surface area contributed by atoms with Crippen molar-refractivity contribution in [1.29, 1.82) is 0 Å². The van der Waals surface area contributed by atoms with Gasteiger partial charge in [0, 0.05) is 12.2 Å². The second-order valence-corrected chi connectivity index (χ2v) is 5.86. The lowest BCUT2D eigenvalue weighted by Crippen LogP contribution is -2.41. The average Bonchev–Trinajstić information content (AvgIpc) is 2.60. The molecule has 0 radical (unpaired) electrons. The Morgan fingerprint density at radius 3 is 2.40 bits per heavy atom. The predicted molar refractivity (Wildman–Crippen MR) is 98.9 cm³/mol. The van der Waals surface area contributed by atoms with Crippen molar-refractivity contribution in [3.8, 4) is 5.75 Å². The van der Waals surface area contributed by atoms with Crippen molar-refractivity contribution in [3.05, 3.63) is 59.7 Å². The molecule has 2 aromatic carbocycles. The zero-order chi connectivity index (χ0) is 18.2. The predicted octanol–water partition coefficient (Wildman–Crippen LogP) is 2.85. The third kappa shape index (κ3) is 5.64. The number of hydrogen-bond donors (Lipinski definition) is 1. The maximum atomic E-state index is 12.4. The van der Waals surface area contributed by atoms with Gasteiger partial charge in [0.2, 0.25) is 5.91 Å². The zero-order valence-corrected chi connectivity index (χ0v) is 14.9. The van der Waals surface area contributed by atoms with Crippen LogP contribution in [0.2, 0.25) is 0 Å². The minimum Gasteiger partial charge on any atom is -0.484 e. The van der Waals surface area contributed by atoms with Crippen molar-refractivity contribution < 1.29 is 14.3 Å². The Hall–Kier alpha value is -2.82. The molecule has 0 aliphatic rings. The van der Waals surface area contributed by atoms with Crippen molar-refractivity contribution in [2.45, 2.75) is 20.8 Å². The van der Waals surface area contributed by atoms with Crippen molar-refractivity contribution in [2.75, 3.05) is 24.6 Å². The molecule has 0 heterocycles. The molecule has 1 N–H and O–H groups in total. The van der Waals surface area contributed by atoms with Gasteiger partial charge in [-0.15, -0.1) is 0 Å². The summed E-state index contributed by atoms with van der Waals surface area (Å²) >= 11 is 0. The highest BCUT2D eigenvalue weighted by atomic mass is 16.5. The summed E-state index contributed by atoms with van der Waals surface area (Å²) in [7, 11) is 0. The fourth-order valence-corrected chi connectivity index (χ4v) is 2.40. The minimum atomic E-state index is -0.325. The van der Waals surface area contributed by atoms with E-state index in [2.05, 4.69) is 5.32 Å². The number of carbonyl (C=O) groups excluding carboxylic acids is 2. The molecule has 2 amide bonds. The summed E-state index contributed by atoms with van der Waals surface area (Å²) in [5.41, 5.74) is 3.04. The average molecular weight is 340 g/mol. The van der Waals surface area contributed by atoms with Gasteiger partial charge in [-0.2, -0.15) is 0 Å². The lowest BCUT2D eigenvalue weighted by molar-refractivity contribution is -0.126. The van der Waals surface area contributed by atoms with E-state index in [1.165, 1.54) is 0 Å². The van der Waals surface area contributed by atoms with Crippen LogP contribution in [0, 0.1) is 13.8 Å². The quantitative estimate of drug-likeness (QED) is 0.843. The Bertz CT molecular complexity index is 726. The lowest BCUT2D eigenvalue weighted by atomic mass is 10.2. The van der Waals surface area contributed by atoms with Gasteiger partial charge < -0.3 is 15.0 Å². The molecule has 0 fully saturated rings. The van der Waals surface area contributed by atoms with Crippen LogP contribution in [-0.2, 0) is 9.59 Å². The van der Waals surface area contributed by atoms with Crippen LogP contribution in [0.25, 0.3) is 0 Å². The molecule has 2 rings (SSSR count). The molecule has 0 spiro atoms. The van der Waals surface area contributed by atoms with E-state index < -0.39 is 0 Å². The number of benzene rings is 2. The first kappa shape index (κ1) is 18.5. The van der Waals surface area contributed by atoms with Gasteiger partial charge in [0.05, 0.1) is 6.54 Å². The van der Waals surface area contributed by atoms with E-state index in [0.717, 1.165) is 16.8 Å². The number of anilines is 1. The molecule has 25 heavy (non-hydrogen) atoms. The second-order valence-electron chi connectivity index (χ2n) is 5.86. The van der Waals surface area contributed by atoms with Crippen molar-refractivity contribution in [2.24, 2.45) is 0 Å². The van der Waals surface area contributed by atoms with Gasteiger partial charge in [-0.05, 0) is 50.6 Å². The van der Waals surface area contributed by atoms with Gasteiger partial charge in [-0.1, -0.05) is 29.8 Å². The molecule has 0 aromatic heterocycles. The van der Waals surface area contributed by atoms with E-state index in [9.17, 15) is 9.59 Å². The summed E-state index contributed by atoms with van der Waals surface area (Å²) < 4.78 is 5.41. The summed E-state index contributed by atoms with van der Waals surface area (Å²) in [6.45, 7) is 6.23. The Kier molecular flexibility index (Phi) is 6.57. The summed E-state index contributed by atoms with van der Waals surface area (Å²) in [5.74, 6) is 0.146. The van der Waals surface area contributed by atoms with Crippen molar-refractivity contribution in [1.82, 2.24) is 5.32 Å². The van der Waals surface area contributed by atoms with Gasteiger partial charge >= 0.3 is 0 Å². The second kappa shape index (κ2) is 8.87. The van der Waals surface area contributed by atoms with Crippen molar-refractivity contribution in [3.63, 3.8) is 0 Å². The third-order valence-electron chi connectivity index (χ3n) is 3.76. The molecule has 0 unspecified atom stereocenters. The minimum absolute atomic E-state index is 0.0577. The van der Waals surface area contributed by atoms with E-state index in [4.69, 9.17) is 4.74 Å². The molecule has 0 aliphatic carbocycles. The smallest absolute Gasteiger partial charge is 0.258 e. The van der Waals surface area contributed by atoms with Crippen LogP contribution in [0.1, 0.15) is 18.1 Å². The van der Waals surface area contributed by atoms with E-state index in [0.29, 0.717) is 12.3 Å². The van der Waals surface area contributed by atoms with E-state index in [-0.39, 0.29) is 25.0 Å². The summed E-state index contributed by atoms with van der Waals surface area (Å²) in [6.07, 6.45) is 0. The Morgan fingerprint density at radius 2 is 1.76 bits per heavy atom. The summed E-state index contributed by atoms with van der Waals surface area (Å²) in [4.78, 5) is 25.9. The van der Waals surface area contributed by atoms with Crippen LogP contribution in [0.15, 0.2) is 48.5 Å². The largest absolute Gasteiger partial charge is 0.484 e. The number of carbonyl (C=O) groups is 2. The summed E-state index contributed by atoms with van der Waals surface area (Å²) in [5, 5.41) is 2.61. The van der Waals surface area contributed by atoms with Crippen LogP contribution in [-0.4, -0.2) is 31.5 Å². The monoisotopic (exact) mass is 340 g/mol. The fourth-order valence-electron chi connectivity index (χ4n) is 2.40. The molecule has 0 bridgehead atoms. The van der Waals surface area contributed by atoms with Gasteiger partial charge in [0.1, 0.15) is 5.75 Å². The number of amides is 2. The first-order chi connectivity index (χ1) is 12.0. The highest BCUT2D eigenvalue weighted by Gasteiger charge is 2.15. The van der Waals surface area contributed by atoms with Crippen LogP contribution < -0.4 is 15.0 Å². The van der Waals surface area contributed by atoms with E-state index >= 15 is 0 Å². The molecule has 0 atom stereocenters. The zero-order valence-electron chi connectivity index (χ0n) is 14.9. The van der Waals surface area contributed by atoms with Gasteiger partial charge in [0.15, 0.2) is 6.61 Å². The number of ether oxygens (including phenoxy) is 1. The third-order valence-corrected chi connectivity index (χ3v) is 3.76. The standard InChI is InChI=1S/C20H24N2O3/c1-4-22(17-7-5-6-16(3)12-17)20(24)13-21-19(23)14-25-18-10-8-15(2)9-11-18/h5-12H,4,13-14H2,1-3H3,(H,21,23). The van der Waals surface area contributed by atoms with Crippen LogP contribution >= 0.6 is 0 Å². The number of likely N-dealkylation sites (N-methyl/N-ethyl adjacent to an activating group) is 1. The first-order valence-corrected chi connectivity index (χ1v) is 8.32. The molecular weight excluding hydrogens is 316 g/mol. The van der Waals surface area contributed by atoms with Gasteiger partial charge in [-0.25, -0.2) is 0 Å². The molecule has 5 heteroatoms. The lowest BCUT2D eigenvalue weighted by Gasteiger charge is -2.21. The van der Waals surface area contributed by atoms with E-state index in [1.807, 2.05) is 69.3 Å². The highest BCUT2D eigenvalue weighted by Crippen LogP contribution is 2.15. The fraction of sp³-hybridized carbons (Fsp3) is 0.300. The molecule has 132 valence electrons. The Balaban J connectivity index is 1.83. The van der Waals surface area contributed by atoms with Crippen LogP contribution in [0.4, 0.5) is 5.69 Å². The molecule has 0 saturated heterocycles. The molecule has 2 aromatic rings. The van der Waals surface area contributed by atoms with Gasteiger partial charge in [0.25, 0.3) is 5.91 Å². The topological polar surface area (TPSA) is 58.6 Å². The summed E-state index contributed by atoms with van der Waals surface area (Å²) in [6, 6.07) is 15.2. The van der Waals surface area contributed by atoms with Gasteiger partial charge in [-0.3, -0.25) is 9.59 Å².